The highest BCUT2D eigenvalue weighted by Crippen LogP contribution is 2.10. The summed E-state index contributed by atoms with van der Waals surface area (Å²) in [4.78, 5) is 36.4. The zero-order valence-electron chi connectivity index (χ0n) is 13.3. The number of ether oxygens (including phenoxy) is 2. The molecule has 1 atom stereocenters. The molecule has 22 heavy (non-hydrogen) atoms. The van der Waals surface area contributed by atoms with E-state index in [0.717, 1.165) is 0 Å². The van der Waals surface area contributed by atoms with Crippen LogP contribution in [0.5, 0.6) is 0 Å². The third kappa shape index (κ3) is 6.75. The van der Waals surface area contributed by atoms with Gasteiger partial charge < -0.3 is 24.8 Å². The summed E-state index contributed by atoms with van der Waals surface area (Å²) in [5.41, 5.74) is -0.660. The van der Waals surface area contributed by atoms with Gasteiger partial charge in [0, 0.05) is 26.1 Å². The number of carbonyl (C=O) groups is 3. The SMILES string of the molecule is CC(C)(C)OC(=O)NCC(CC(=O)N1CCOCC1)C(=O)O. The molecule has 1 rings (SSSR count). The zero-order chi connectivity index (χ0) is 16.8. The Hall–Kier alpha value is -1.83. The molecular formula is C14H24N2O6. The molecular weight excluding hydrogens is 292 g/mol. The van der Waals surface area contributed by atoms with Crippen LogP contribution in [0.15, 0.2) is 0 Å². The van der Waals surface area contributed by atoms with Crippen LogP contribution in [-0.2, 0) is 19.1 Å². The average Bonchev–Trinajstić information content (AvgIpc) is 2.41. The molecule has 126 valence electrons. The quantitative estimate of drug-likeness (QED) is 0.763. The highest BCUT2D eigenvalue weighted by molar-refractivity contribution is 5.83. The molecule has 8 heteroatoms. The molecule has 1 unspecified atom stereocenters. The van der Waals surface area contributed by atoms with E-state index in [2.05, 4.69) is 5.32 Å². The maximum Gasteiger partial charge on any atom is 0.407 e. The standard InChI is InChI=1S/C14H24N2O6/c1-14(2,3)22-13(20)15-9-10(12(18)19)8-11(17)16-4-6-21-7-5-16/h10H,4-9H2,1-3H3,(H,15,20)(H,18,19). The Kier molecular flexibility index (Phi) is 6.61. The van der Waals surface area contributed by atoms with Crippen LogP contribution < -0.4 is 5.32 Å². The fourth-order valence-electron chi connectivity index (χ4n) is 1.92. The number of alkyl carbamates (subject to hydrolysis) is 1. The van der Waals surface area contributed by atoms with E-state index in [1.54, 1.807) is 25.7 Å². The fourth-order valence-corrected chi connectivity index (χ4v) is 1.92. The summed E-state index contributed by atoms with van der Waals surface area (Å²) < 4.78 is 10.2. The molecule has 2 N–H and O–H groups in total. The number of aliphatic carboxylic acids is 1. The number of rotatable bonds is 5. The summed E-state index contributed by atoms with van der Waals surface area (Å²) in [6.07, 6.45) is -0.858. The summed E-state index contributed by atoms with van der Waals surface area (Å²) in [6.45, 7) is 6.82. The molecule has 1 heterocycles. The Morgan fingerprint density at radius 2 is 1.86 bits per heavy atom. The predicted octanol–water partition coefficient (Wildman–Crippen LogP) is 0.461. The first-order chi connectivity index (χ1) is 10.2. The summed E-state index contributed by atoms with van der Waals surface area (Å²) in [5, 5.41) is 11.6. The fraction of sp³-hybridized carbons (Fsp3) is 0.786. The van der Waals surface area contributed by atoms with Gasteiger partial charge in [0.15, 0.2) is 0 Å². The van der Waals surface area contributed by atoms with Crippen LogP contribution in [0, 0.1) is 5.92 Å². The molecule has 0 aromatic heterocycles. The minimum atomic E-state index is -1.13. The molecule has 1 aliphatic rings. The molecule has 1 aliphatic heterocycles. The molecule has 0 aromatic rings. The van der Waals surface area contributed by atoms with Crippen LogP contribution in [0.4, 0.5) is 4.79 Å². The number of carbonyl (C=O) groups excluding carboxylic acids is 2. The molecule has 0 aromatic carbocycles. The lowest BCUT2D eigenvalue weighted by molar-refractivity contribution is -0.147. The Morgan fingerprint density at radius 1 is 1.27 bits per heavy atom. The normalized spacial score (nSPS) is 16.8. The molecule has 2 amide bonds. The summed E-state index contributed by atoms with van der Waals surface area (Å²) >= 11 is 0. The van der Waals surface area contributed by atoms with Gasteiger partial charge in [-0.2, -0.15) is 0 Å². The second-order valence-corrected chi connectivity index (χ2v) is 6.12. The predicted molar refractivity (Wildman–Crippen MR) is 77.4 cm³/mol. The van der Waals surface area contributed by atoms with Crippen molar-refractivity contribution in [2.24, 2.45) is 5.92 Å². The van der Waals surface area contributed by atoms with E-state index in [1.165, 1.54) is 0 Å². The van der Waals surface area contributed by atoms with E-state index in [-0.39, 0.29) is 18.9 Å². The minimum absolute atomic E-state index is 0.152. The van der Waals surface area contributed by atoms with Crippen molar-refractivity contribution in [3.8, 4) is 0 Å². The summed E-state index contributed by atoms with van der Waals surface area (Å²) in [6, 6.07) is 0. The van der Waals surface area contributed by atoms with Crippen molar-refractivity contribution in [1.29, 1.82) is 0 Å². The molecule has 0 aliphatic carbocycles. The lowest BCUT2D eigenvalue weighted by Crippen LogP contribution is -2.43. The van der Waals surface area contributed by atoms with Gasteiger partial charge in [0.05, 0.1) is 19.1 Å². The Balaban J connectivity index is 2.46. The highest BCUT2D eigenvalue weighted by Gasteiger charge is 2.26. The van der Waals surface area contributed by atoms with Gasteiger partial charge in [0.1, 0.15) is 5.60 Å². The molecule has 0 radical (unpaired) electrons. The molecule has 0 spiro atoms. The van der Waals surface area contributed by atoms with E-state index in [0.29, 0.717) is 26.3 Å². The van der Waals surface area contributed by atoms with Crippen molar-refractivity contribution in [2.45, 2.75) is 32.8 Å². The van der Waals surface area contributed by atoms with E-state index in [4.69, 9.17) is 9.47 Å². The number of nitrogens with one attached hydrogen (secondary N) is 1. The lowest BCUT2D eigenvalue weighted by atomic mass is 10.0. The van der Waals surface area contributed by atoms with Gasteiger partial charge in [-0.3, -0.25) is 9.59 Å². The van der Waals surface area contributed by atoms with Gasteiger partial charge >= 0.3 is 12.1 Å². The van der Waals surface area contributed by atoms with E-state index in [9.17, 15) is 19.5 Å². The third-order valence-electron chi connectivity index (χ3n) is 3.03. The van der Waals surface area contributed by atoms with Crippen molar-refractivity contribution >= 4 is 18.0 Å². The number of hydrogen-bond acceptors (Lipinski definition) is 5. The average molecular weight is 316 g/mol. The van der Waals surface area contributed by atoms with Crippen molar-refractivity contribution in [3.05, 3.63) is 0 Å². The number of nitrogens with zero attached hydrogens (tertiary/aromatic N) is 1. The molecule has 0 saturated carbocycles. The van der Waals surface area contributed by atoms with Crippen LogP contribution in [0.3, 0.4) is 0 Å². The third-order valence-corrected chi connectivity index (χ3v) is 3.03. The van der Waals surface area contributed by atoms with Gasteiger partial charge in [-0.15, -0.1) is 0 Å². The maximum atomic E-state index is 12.0. The minimum Gasteiger partial charge on any atom is -0.481 e. The van der Waals surface area contributed by atoms with E-state index >= 15 is 0 Å². The molecule has 1 saturated heterocycles. The van der Waals surface area contributed by atoms with Crippen LogP contribution in [0.25, 0.3) is 0 Å². The van der Waals surface area contributed by atoms with Gasteiger partial charge in [0.2, 0.25) is 5.91 Å². The number of morpholine rings is 1. The van der Waals surface area contributed by atoms with Gasteiger partial charge in [0.25, 0.3) is 0 Å². The Bertz CT molecular complexity index is 412. The van der Waals surface area contributed by atoms with E-state index in [1.807, 2.05) is 0 Å². The van der Waals surface area contributed by atoms with Crippen LogP contribution in [-0.4, -0.2) is 66.4 Å². The van der Waals surface area contributed by atoms with Crippen molar-refractivity contribution in [2.75, 3.05) is 32.8 Å². The highest BCUT2D eigenvalue weighted by atomic mass is 16.6. The molecule has 0 bridgehead atoms. The number of hydrogen-bond donors (Lipinski definition) is 2. The van der Waals surface area contributed by atoms with Crippen LogP contribution in [0.1, 0.15) is 27.2 Å². The molecule has 8 nitrogen and oxygen atoms in total. The Labute approximate surface area is 129 Å². The summed E-state index contributed by atoms with van der Waals surface area (Å²) in [7, 11) is 0. The second kappa shape index (κ2) is 7.98. The molecule has 1 fully saturated rings. The summed E-state index contributed by atoms with van der Waals surface area (Å²) in [5.74, 6) is -2.36. The van der Waals surface area contributed by atoms with Gasteiger partial charge in [-0.25, -0.2) is 4.79 Å². The van der Waals surface area contributed by atoms with Gasteiger partial charge in [-0.1, -0.05) is 0 Å². The first-order valence-corrected chi connectivity index (χ1v) is 7.24. The lowest BCUT2D eigenvalue weighted by Gasteiger charge is -2.28. The van der Waals surface area contributed by atoms with Crippen molar-refractivity contribution < 1.29 is 29.0 Å². The van der Waals surface area contributed by atoms with Crippen molar-refractivity contribution in [3.63, 3.8) is 0 Å². The van der Waals surface area contributed by atoms with E-state index < -0.39 is 23.6 Å². The van der Waals surface area contributed by atoms with Gasteiger partial charge in [-0.05, 0) is 20.8 Å². The zero-order valence-corrected chi connectivity index (χ0v) is 13.3. The number of amides is 2. The first-order valence-electron chi connectivity index (χ1n) is 7.24. The van der Waals surface area contributed by atoms with Crippen LogP contribution in [0.2, 0.25) is 0 Å². The first kappa shape index (κ1) is 18.2. The second-order valence-electron chi connectivity index (χ2n) is 6.12. The smallest absolute Gasteiger partial charge is 0.407 e. The number of carboxylic acid groups (broad SMARTS) is 1. The van der Waals surface area contributed by atoms with Crippen LogP contribution >= 0.6 is 0 Å². The maximum absolute atomic E-state index is 12.0. The van der Waals surface area contributed by atoms with Crippen molar-refractivity contribution in [1.82, 2.24) is 10.2 Å². The number of carboxylic acids is 1. The largest absolute Gasteiger partial charge is 0.481 e. The topological polar surface area (TPSA) is 105 Å². The Morgan fingerprint density at radius 3 is 2.36 bits per heavy atom. The monoisotopic (exact) mass is 316 g/mol.